The van der Waals surface area contributed by atoms with Crippen molar-refractivity contribution in [2.45, 2.75) is 280 Å². The lowest BCUT2D eigenvalue weighted by atomic mass is 9.76. The molecule has 0 bridgehead atoms. The third kappa shape index (κ3) is 146. The van der Waals surface area contributed by atoms with Crippen LogP contribution >= 0.6 is 11.8 Å². The van der Waals surface area contributed by atoms with E-state index in [9.17, 15) is 0 Å². The molecule has 2 fully saturated rings. The Morgan fingerprint density at radius 1 is 0.421 bits per heavy atom. The van der Waals surface area contributed by atoms with Crippen molar-refractivity contribution in [2.75, 3.05) is 79.2 Å². The first-order valence-electron chi connectivity index (χ1n) is 29.6. The fraction of sp³-hybridized carbons (Fsp3) is 1.00. The molecule has 2 saturated carbocycles. The van der Waals surface area contributed by atoms with E-state index in [0.29, 0.717) is 82.6 Å². The normalized spacial score (nSPS) is 14.5. The van der Waals surface area contributed by atoms with Crippen LogP contribution in [0.15, 0.2) is 0 Å². The maximum absolute atomic E-state index is 8.95. The van der Waals surface area contributed by atoms with Crippen LogP contribution in [0.25, 0.3) is 0 Å². The van der Waals surface area contributed by atoms with Gasteiger partial charge < -0.3 is 66.4 Å². The van der Waals surface area contributed by atoms with Crippen LogP contribution in [0.2, 0.25) is 0 Å². The number of aliphatic hydroxyl groups is 13. The van der Waals surface area contributed by atoms with Gasteiger partial charge in [0.15, 0.2) is 0 Å². The molecule has 2 aliphatic carbocycles. The minimum atomic E-state index is -0.116. The number of halogens is 1. The summed E-state index contributed by atoms with van der Waals surface area (Å²) in [5.74, 6) is 1.37. The highest BCUT2D eigenvalue weighted by molar-refractivity contribution is 6.13. The van der Waals surface area contributed by atoms with Gasteiger partial charge in [0.1, 0.15) is 0 Å². The molecular formula is C61H144ClNO13. The second kappa shape index (κ2) is 81.2. The molecule has 0 heterocycles. The maximum Gasteiger partial charge on any atom is 0.0509 e. The van der Waals surface area contributed by atoms with Crippen LogP contribution in [0.1, 0.15) is 267 Å². The van der Waals surface area contributed by atoms with E-state index in [2.05, 4.69) is 25.6 Å². The molecule has 0 aromatic rings. The second-order valence-electron chi connectivity index (χ2n) is 23.7. The van der Waals surface area contributed by atoms with E-state index < -0.39 is 0 Å². The number of hydrogen-bond donors (Lipinski definition) is 14. The molecule has 2 aliphatic rings. The lowest BCUT2D eigenvalue weighted by molar-refractivity contribution is 0.100. The third-order valence-corrected chi connectivity index (χ3v) is 10.5. The lowest BCUT2D eigenvalue weighted by Gasteiger charge is -2.31. The van der Waals surface area contributed by atoms with Crippen molar-refractivity contribution in [1.29, 1.82) is 0 Å². The van der Waals surface area contributed by atoms with Gasteiger partial charge in [0.05, 0.1) is 12.2 Å². The Bertz CT molecular complexity index is 824. The molecular weight excluding hydrogens is 990 g/mol. The largest absolute Gasteiger partial charge is 0.396 e. The number of rotatable bonds is 17. The summed E-state index contributed by atoms with van der Waals surface area (Å²) in [6.45, 7) is 45.9. The van der Waals surface area contributed by atoms with Crippen LogP contribution in [-0.2, 0) is 0 Å². The summed E-state index contributed by atoms with van der Waals surface area (Å²) in [5, 5.41) is 108. The molecule has 0 radical (unpaired) electrons. The average Bonchev–Trinajstić information content (AvgIpc) is 3.86. The third-order valence-electron chi connectivity index (χ3n) is 10.4. The molecule has 76 heavy (non-hydrogen) atoms. The number of unbranched alkanes of at least 4 members (excludes halogenated alkanes) is 3. The summed E-state index contributed by atoms with van der Waals surface area (Å²) in [5.41, 5.74) is 0.762. The van der Waals surface area contributed by atoms with E-state index in [0.717, 1.165) is 70.8 Å². The van der Waals surface area contributed by atoms with Gasteiger partial charge in [0.25, 0.3) is 0 Å². The topological polar surface area (TPSA) is 275 Å². The molecule has 478 valence electrons. The van der Waals surface area contributed by atoms with Crippen molar-refractivity contribution in [2.24, 2.45) is 39.4 Å². The van der Waals surface area contributed by atoms with Gasteiger partial charge in [-0.3, -0.25) is 0 Å². The fourth-order valence-electron chi connectivity index (χ4n) is 3.74. The molecule has 14 N–H and O–H groups in total. The fourth-order valence-corrected chi connectivity index (χ4v) is 3.87. The molecule has 15 heteroatoms. The standard InChI is InChI=1S/C8H16O.C7H14O.C6H14ClNO.3C5H12O.4C4H10O.3C3H8O/c1-8(7-9)5-3-2-4-6-8;1-7(6-8)4-2-3-5-7;7-8-5-3-1-2-4-6-9;2*1-5(2,3)4-6;1-3-5(2)4-6;2*1-4(2)3-5;2*1-3-4(2)5;3*1-2-3-4/h9H,2-7H2,1H3;8H,2-6H2,1H3;8-9H,1-6H2;2*6H,4H2,1-3H3;5-6H,3-4H2,1-2H3;4*4-5H,3H2,1-2H3;3*4H,2-3H2,1H3. The first-order valence-corrected chi connectivity index (χ1v) is 30.0. The number of nitrogens with one attached hydrogen (secondary N) is 1. The molecule has 0 spiro atoms. The molecule has 0 aromatic heterocycles. The SMILES string of the molecule is CC(C)(C)CO.CC(C)(C)CO.CC(C)CO.CC(C)CO.CC1(CO)CCCC1.CC1(CO)CCCCC1.CCC(C)CO.CCC(C)O.CCC(C)O.CCCO.CCCO.CCCO.OCCCCCCNCl. The average molecular weight is 1140 g/mol. The molecule has 0 aromatic carbocycles. The second-order valence-corrected chi connectivity index (χ2v) is 24.0. The van der Waals surface area contributed by atoms with Gasteiger partial charge in [-0.2, -0.15) is 0 Å². The van der Waals surface area contributed by atoms with Crippen LogP contribution in [0.3, 0.4) is 0 Å². The Kier molecular flexibility index (Phi) is 108. The molecule has 0 aliphatic heterocycles. The van der Waals surface area contributed by atoms with E-state index in [1.54, 1.807) is 13.8 Å². The first kappa shape index (κ1) is 101. The monoisotopic (exact) mass is 1130 g/mol. The molecule has 14 nitrogen and oxygen atoms in total. The Labute approximate surface area is 479 Å². The van der Waals surface area contributed by atoms with Crippen LogP contribution < -0.4 is 4.84 Å². The lowest BCUT2D eigenvalue weighted by Crippen LogP contribution is -2.23. The highest BCUT2D eigenvalue weighted by Gasteiger charge is 2.27. The minimum absolute atomic E-state index is 0.0972. The summed E-state index contributed by atoms with van der Waals surface area (Å²) >= 11 is 5.21. The highest BCUT2D eigenvalue weighted by Crippen LogP contribution is 2.36. The quantitative estimate of drug-likeness (QED) is 0.0477. The van der Waals surface area contributed by atoms with Crippen molar-refractivity contribution in [1.82, 2.24) is 4.84 Å². The van der Waals surface area contributed by atoms with E-state index in [4.69, 9.17) is 78.2 Å². The van der Waals surface area contributed by atoms with Gasteiger partial charge in [0, 0.05) is 79.2 Å². The van der Waals surface area contributed by atoms with Crippen LogP contribution in [-0.4, -0.2) is 158 Å². The van der Waals surface area contributed by atoms with E-state index in [1.165, 1.54) is 57.8 Å². The van der Waals surface area contributed by atoms with Crippen molar-refractivity contribution >= 4 is 11.8 Å². The van der Waals surface area contributed by atoms with Crippen LogP contribution in [0, 0.1) is 39.4 Å². The summed E-state index contributed by atoms with van der Waals surface area (Å²) in [6.07, 6.45) is 21.0. The van der Waals surface area contributed by atoms with Crippen molar-refractivity contribution in [3.63, 3.8) is 0 Å². The van der Waals surface area contributed by atoms with E-state index >= 15 is 0 Å². The van der Waals surface area contributed by atoms with Gasteiger partial charge in [-0.15, -0.1) is 0 Å². The van der Waals surface area contributed by atoms with Gasteiger partial charge >= 0.3 is 0 Å². The Balaban J connectivity index is -0.0000000676. The molecule has 0 amide bonds. The predicted molar refractivity (Wildman–Crippen MR) is 331 cm³/mol. The Morgan fingerprint density at radius 3 is 0.776 bits per heavy atom. The number of aliphatic hydroxyl groups excluding tert-OH is 13. The molecule has 3 atom stereocenters. The van der Waals surface area contributed by atoms with Crippen molar-refractivity contribution < 1.29 is 66.4 Å². The minimum Gasteiger partial charge on any atom is -0.396 e. The Morgan fingerprint density at radius 2 is 0.658 bits per heavy atom. The zero-order chi connectivity index (χ0) is 62.5. The van der Waals surface area contributed by atoms with Gasteiger partial charge in [-0.25, -0.2) is 4.84 Å². The first-order chi connectivity index (χ1) is 35.2. The molecule has 0 saturated heterocycles. The van der Waals surface area contributed by atoms with Gasteiger partial charge in [-0.05, 0) is 136 Å². The molecule has 2 rings (SSSR count). The number of hydrogen-bond acceptors (Lipinski definition) is 14. The van der Waals surface area contributed by atoms with Crippen molar-refractivity contribution in [3.05, 3.63) is 0 Å². The van der Waals surface area contributed by atoms with E-state index in [-0.39, 0.29) is 41.7 Å². The summed E-state index contributed by atoms with van der Waals surface area (Å²) in [4.78, 5) is 2.55. The zero-order valence-electron chi connectivity index (χ0n) is 54.5. The van der Waals surface area contributed by atoms with Crippen LogP contribution in [0.5, 0.6) is 0 Å². The van der Waals surface area contributed by atoms with E-state index in [1.807, 2.05) is 111 Å². The van der Waals surface area contributed by atoms with Gasteiger partial charge in [0.2, 0.25) is 0 Å². The summed E-state index contributed by atoms with van der Waals surface area (Å²) in [6, 6.07) is 0. The Hall–Kier alpha value is -0.270. The molecule has 3 unspecified atom stereocenters. The summed E-state index contributed by atoms with van der Waals surface area (Å²) in [7, 11) is 0. The highest BCUT2D eigenvalue weighted by atomic mass is 35.5. The zero-order valence-corrected chi connectivity index (χ0v) is 55.3. The van der Waals surface area contributed by atoms with Crippen molar-refractivity contribution in [3.8, 4) is 0 Å². The maximum atomic E-state index is 8.95. The predicted octanol–water partition coefficient (Wildman–Crippen LogP) is 11.9. The summed E-state index contributed by atoms with van der Waals surface area (Å²) < 4.78 is 0. The van der Waals surface area contributed by atoms with Crippen LogP contribution in [0.4, 0.5) is 0 Å². The van der Waals surface area contributed by atoms with Gasteiger partial charge in [-0.1, -0.05) is 183 Å². The smallest absolute Gasteiger partial charge is 0.0509 e.